The van der Waals surface area contributed by atoms with E-state index in [-0.39, 0.29) is 18.7 Å². The number of carboxylic acids is 1. The van der Waals surface area contributed by atoms with Gasteiger partial charge in [-0.05, 0) is 20.3 Å². The lowest BCUT2D eigenvalue weighted by molar-refractivity contribution is -0.153. The molecule has 0 aromatic carbocycles. The number of carbonyl (C=O) groups is 2. The van der Waals surface area contributed by atoms with Crippen LogP contribution in [-0.2, 0) is 19.4 Å². The maximum absolute atomic E-state index is 11.4. The second kappa shape index (κ2) is 5.29. The molecule has 6 nitrogen and oxygen atoms in total. The van der Waals surface area contributed by atoms with Crippen molar-refractivity contribution >= 4 is 21.7 Å². The number of hydrogen-bond acceptors (Lipinski definition) is 4. The summed E-state index contributed by atoms with van der Waals surface area (Å²) in [6.45, 7) is 2.74. The predicted octanol–water partition coefficient (Wildman–Crippen LogP) is -0.352. The van der Waals surface area contributed by atoms with E-state index in [4.69, 9.17) is 5.11 Å². The Hall–Kier alpha value is -1.11. The van der Waals surface area contributed by atoms with Gasteiger partial charge in [-0.3, -0.25) is 9.59 Å². The Labute approximate surface area is 95.0 Å². The van der Waals surface area contributed by atoms with Gasteiger partial charge >= 0.3 is 5.97 Å². The molecule has 0 radical (unpaired) electrons. The largest absolute Gasteiger partial charge is 0.480 e. The number of aliphatic carboxylic acids is 1. The first-order chi connectivity index (χ1) is 7.07. The van der Waals surface area contributed by atoms with Crippen molar-refractivity contribution in [1.29, 1.82) is 0 Å². The first kappa shape index (κ1) is 14.9. The zero-order valence-corrected chi connectivity index (χ0v) is 10.4. The minimum atomic E-state index is -3.04. The van der Waals surface area contributed by atoms with E-state index in [0.717, 1.165) is 6.26 Å². The highest BCUT2D eigenvalue weighted by atomic mass is 32.2. The molecular weight excluding hydrogens is 234 g/mol. The molecule has 7 heteroatoms. The Kier molecular flexibility index (Phi) is 4.92. The number of nitrogens with one attached hydrogen (secondary N) is 1. The first-order valence-corrected chi connectivity index (χ1v) is 6.83. The molecule has 0 unspecified atom stereocenters. The number of sulfone groups is 1. The highest BCUT2D eigenvalue weighted by Gasteiger charge is 2.35. The van der Waals surface area contributed by atoms with Gasteiger partial charge < -0.3 is 10.4 Å². The van der Waals surface area contributed by atoms with E-state index < -0.39 is 27.1 Å². The van der Waals surface area contributed by atoms with Gasteiger partial charge in [0.05, 0.1) is 5.75 Å². The molecule has 0 spiro atoms. The second-order valence-electron chi connectivity index (χ2n) is 4.17. The van der Waals surface area contributed by atoms with Crippen LogP contribution >= 0.6 is 0 Å². The Morgan fingerprint density at radius 2 is 1.81 bits per heavy atom. The predicted molar refractivity (Wildman–Crippen MR) is 58.8 cm³/mol. The summed E-state index contributed by atoms with van der Waals surface area (Å²) in [5.74, 6) is -1.86. The van der Waals surface area contributed by atoms with Gasteiger partial charge in [0, 0.05) is 12.8 Å². The molecule has 0 aliphatic heterocycles. The van der Waals surface area contributed by atoms with Gasteiger partial charge in [0.1, 0.15) is 15.3 Å². The third kappa shape index (κ3) is 5.11. The molecule has 0 aromatic rings. The fraction of sp³-hybridized carbons (Fsp3) is 0.778. The zero-order chi connectivity index (χ0) is 13.0. The van der Waals surface area contributed by atoms with E-state index in [1.54, 1.807) is 0 Å². The zero-order valence-electron chi connectivity index (χ0n) is 9.61. The third-order valence-corrected chi connectivity index (χ3v) is 3.11. The van der Waals surface area contributed by atoms with Crippen molar-refractivity contribution in [2.24, 2.45) is 5.41 Å². The summed E-state index contributed by atoms with van der Waals surface area (Å²) in [4.78, 5) is 22.1. The number of amides is 1. The lowest BCUT2D eigenvalue weighted by Gasteiger charge is -2.18. The molecule has 0 saturated carbocycles. The van der Waals surface area contributed by atoms with Crippen LogP contribution in [0, 0.1) is 5.41 Å². The lowest BCUT2D eigenvalue weighted by atomic mass is 9.93. The molecule has 0 heterocycles. The van der Waals surface area contributed by atoms with Crippen LogP contribution in [0.5, 0.6) is 0 Å². The monoisotopic (exact) mass is 251 g/mol. The van der Waals surface area contributed by atoms with Crippen LogP contribution in [-0.4, -0.2) is 44.0 Å². The fourth-order valence-electron chi connectivity index (χ4n) is 0.854. The molecule has 0 bridgehead atoms. The Morgan fingerprint density at radius 1 is 1.31 bits per heavy atom. The highest BCUT2D eigenvalue weighted by molar-refractivity contribution is 7.90. The molecule has 2 N–H and O–H groups in total. The van der Waals surface area contributed by atoms with Gasteiger partial charge in [0.2, 0.25) is 5.91 Å². The van der Waals surface area contributed by atoms with Crippen molar-refractivity contribution in [1.82, 2.24) is 5.32 Å². The Bertz CT molecular complexity index is 371. The maximum atomic E-state index is 11.4. The highest BCUT2D eigenvalue weighted by Crippen LogP contribution is 2.14. The van der Waals surface area contributed by atoms with Crippen molar-refractivity contribution < 1.29 is 23.1 Å². The van der Waals surface area contributed by atoms with E-state index >= 15 is 0 Å². The average Bonchev–Trinajstić information content (AvgIpc) is 2.10. The van der Waals surface area contributed by atoms with E-state index in [1.165, 1.54) is 13.8 Å². The third-order valence-electron chi connectivity index (χ3n) is 2.08. The summed E-state index contributed by atoms with van der Waals surface area (Å²) in [6, 6.07) is 0. The molecule has 0 aliphatic carbocycles. The summed E-state index contributed by atoms with van der Waals surface area (Å²) in [6.07, 6.45) is 1.39. The minimum Gasteiger partial charge on any atom is -0.480 e. The Morgan fingerprint density at radius 3 is 2.19 bits per heavy atom. The summed E-state index contributed by atoms with van der Waals surface area (Å²) >= 11 is 0. The molecular formula is C9H17NO5S. The van der Waals surface area contributed by atoms with Gasteiger partial charge in [0.15, 0.2) is 0 Å². The molecule has 0 fully saturated rings. The van der Waals surface area contributed by atoms with Crippen LogP contribution in [0.15, 0.2) is 0 Å². The minimum absolute atomic E-state index is 0.0270. The molecule has 0 aliphatic rings. The van der Waals surface area contributed by atoms with Crippen molar-refractivity contribution in [2.45, 2.75) is 20.3 Å². The maximum Gasteiger partial charge on any atom is 0.318 e. The van der Waals surface area contributed by atoms with Crippen molar-refractivity contribution in [2.75, 3.05) is 18.6 Å². The van der Waals surface area contributed by atoms with Crippen molar-refractivity contribution in [3.8, 4) is 0 Å². The van der Waals surface area contributed by atoms with E-state index in [1.807, 2.05) is 0 Å². The lowest BCUT2D eigenvalue weighted by Crippen LogP contribution is -2.42. The molecule has 0 aromatic heterocycles. The van der Waals surface area contributed by atoms with Crippen LogP contribution in [0.2, 0.25) is 0 Å². The smallest absolute Gasteiger partial charge is 0.318 e. The summed E-state index contributed by atoms with van der Waals surface area (Å²) in [5, 5.41) is 11.1. The quantitative estimate of drug-likeness (QED) is 0.496. The second-order valence-corrected chi connectivity index (χ2v) is 6.43. The van der Waals surface area contributed by atoms with E-state index in [0.29, 0.717) is 0 Å². The van der Waals surface area contributed by atoms with Gasteiger partial charge in [-0.2, -0.15) is 0 Å². The summed E-state index contributed by atoms with van der Waals surface area (Å²) in [5.41, 5.74) is -1.49. The number of hydrogen-bond donors (Lipinski definition) is 2. The number of rotatable bonds is 6. The molecule has 0 atom stereocenters. The first-order valence-electron chi connectivity index (χ1n) is 4.77. The number of carbonyl (C=O) groups excluding carboxylic acids is 1. The summed E-state index contributed by atoms with van der Waals surface area (Å²) in [7, 11) is -3.04. The average molecular weight is 251 g/mol. The van der Waals surface area contributed by atoms with Gasteiger partial charge in [-0.1, -0.05) is 0 Å². The van der Waals surface area contributed by atoms with Crippen LogP contribution in [0.4, 0.5) is 0 Å². The normalized spacial score (nSPS) is 12.2. The topological polar surface area (TPSA) is 101 Å². The van der Waals surface area contributed by atoms with E-state index in [2.05, 4.69) is 5.32 Å². The van der Waals surface area contributed by atoms with Crippen LogP contribution in [0.25, 0.3) is 0 Å². The van der Waals surface area contributed by atoms with Gasteiger partial charge in [-0.25, -0.2) is 8.42 Å². The van der Waals surface area contributed by atoms with Gasteiger partial charge in [-0.15, -0.1) is 0 Å². The van der Waals surface area contributed by atoms with Crippen LogP contribution < -0.4 is 5.32 Å². The molecule has 16 heavy (non-hydrogen) atoms. The standard InChI is InChI=1S/C9H17NO5S/c1-9(2,8(12)13)7(11)10-5-4-6-16(3,14)15/h4-6H2,1-3H3,(H,10,11)(H,12,13). The molecule has 94 valence electrons. The molecule has 0 rings (SSSR count). The van der Waals surface area contributed by atoms with Crippen LogP contribution in [0.1, 0.15) is 20.3 Å². The fourth-order valence-corrected chi connectivity index (χ4v) is 1.52. The molecule has 0 saturated heterocycles. The van der Waals surface area contributed by atoms with Crippen molar-refractivity contribution in [3.05, 3.63) is 0 Å². The molecule has 1 amide bonds. The van der Waals surface area contributed by atoms with E-state index in [9.17, 15) is 18.0 Å². The van der Waals surface area contributed by atoms with Crippen molar-refractivity contribution in [3.63, 3.8) is 0 Å². The van der Waals surface area contributed by atoms with Crippen LogP contribution in [0.3, 0.4) is 0 Å². The number of carboxylic acid groups (broad SMARTS) is 1. The summed E-state index contributed by atoms with van der Waals surface area (Å²) < 4.78 is 21.5. The van der Waals surface area contributed by atoms with Gasteiger partial charge in [0.25, 0.3) is 0 Å². The SMILES string of the molecule is CC(C)(C(=O)O)C(=O)NCCCS(C)(=O)=O. The Balaban J connectivity index is 4.06.